The molecule has 0 bridgehead atoms. The van der Waals surface area contributed by atoms with E-state index in [-0.39, 0.29) is 0 Å². The number of rotatable bonds is 12. The average molecular weight is 1410 g/mol. The maximum absolute atomic E-state index is 5.44. The summed E-state index contributed by atoms with van der Waals surface area (Å²) in [6.45, 7) is 45.7. The third-order valence-electron chi connectivity index (χ3n) is 18.0. The van der Waals surface area contributed by atoms with Crippen LogP contribution in [0.3, 0.4) is 0 Å². The minimum absolute atomic E-state index is 0.697. The summed E-state index contributed by atoms with van der Waals surface area (Å²) >= 11 is 0. The minimum atomic E-state index is 0.697. The van der Waals surface area contributed by atoms with E-state index in [2.05, 4.69) is 261 Å². The molecule has 0 N–H and O–H groups in total. The number of methoxy groups -OCH3 is 4. The fourth-order valence-electron chi connectivity index (χ4n) is 11.9. The lowest BCUT2D eigenvalue weighted by molar-refractivity contribution is 0.392. The highest BCUT2D eigenvalue weighted by Gasteiger charge is 2.20. The van der Waals surface area contributed by atoms with Crippen molar-refractivity contribution in [1.29, 1.82) is 0 Å². The second kappa shape index (κ2) is 43.1. The summed E-state index contributed by atoms with van der Waals surface area (Å²) in [4.78, 5) is 0. The van der Waals surface area contributed by atoms with Crippen LogP contribution in [-0.2, 0) is 6.42 Å². The van der Waals surface area contributed by atoms with Crippen molar-refractivity contribution in [2.75, 3.05) is 28.4 Å². The Labute approximate surface area is 640 Å². The highest BCUT2D eigenvalue weighted by Crippen LogP contribution is 2.43. The number of benzene rings is 12. The van der Waals surface area contributed by atoms with Crippen LogP contribution >= 0.6 is 0 Å². The topological polar surface area (TPSA) is 36.9 Å². The lowest BCUT2D eigenvalue weighted by Crippen LogP contribution is -1.97. The highest BCUT2D eigenvalue weighted by atomic mass is 16.5. The summed E-state index contributed by atoms with van der Waals surface area (Å²) in [5.74, 6) is 2.86. The molecule has 4 nitrogen and oxygen atoms in total. The van der Waals surface area contributed by atoms with Gasteiger partial charge in [-0.1, -0.05) is 335 Å². The molecule has 0 aliphatic heterocycles. The van der Waals surface area contributed by atoms with Crippen LogP contribution in [0.15, 0.2) is 362 Å². The number of fused-ring (bicyclic) bond motifs is 5. The lowest BCUT2D eigenvalue weighted by Gasteiger charge is -2.16. The van der Waals surface area contributed by atoms with Gasteiger partial charge in [-0.25, -0.2) is 0 Å². The molecule has 0 radical (unpaired) electrons. The molecule has 1 fully saturated rings. The molecule has 0 saturated heterocycles. The summed E-state index contributed by atoms with van der Waals surface area (Å²) in [5.41, 5.74) is 28.6. The second-order valence-corrected chi connectivity index (χ2v) is 26.5. The minimum Gasteiger partial charge on any atom is -0.497 e. The molecule has 0 atom stereocenters. The summed E-state index contributed by atoms with van der Waals surface area (Å²) < 4.78 is 21.3. The standard InChI is InChI=1S/C18H20O4.C16H16.C14H10.C14H12.C13H12.C10H10.C8H8.C6H10.C4H8/c1-12(15-8-6-13(19-2)10-17(15)21-4)16-9-7-14(20-3)11-18(16)22-5;1-12-4-8-15(9-5-12)14(3)16-10-6-13(2)7-11-16;1-10-11-6-2-4-8-13(11)14-9-5-3-7-12(10)14;1-12(13-8-4-2-5-9-13)14-10-6-3-7-11-14;1-10(2)12-8-7-11-5-3-4-6-13(11)9-12;1-8-6-7-9-4-2-3-5-10(8)9;1-2-8-6-4-3-5-7-8;1-6-4-2-3-5-6;1-4(2)3/h6-11H,1H2,2-5H3;4-11H,3H2,1-2H3;2-9H,1H2;2-11H,1H2;3-9H,1H2,2H3;2-5H,1,6-7H2;2-7H,1H2;1-5H2;1H2,2-3H3. The van der Waals surface area contributed by atoms with E-state index in [0.29, 0.717) is 11.5 Å². The largest absolute Gasteiger partial charge is 0.497 e. The van der Waals surface area contributed by atoms with Gasteiger partial charge in [0, 0.05) is 23.3 Å². The third kappa shape index (κ3) is 25.3. The summed E-state index contributed by atoms with van der Waals surface area (Å²) in [5, 5.41) is 2.57. The van der Waals surface area contributed by atoms with E-state index >= 15 is 0 Å². The molecule has 15 rings (SSSR count). The zero-order valence-electron chi connectivity index (χ0n) is 64.5. The Morgan fingerprint density at radius 3 is 1.09 bits per heavy atom. The molecule has 0 spiro atoms. The van der Waals surface area contributed by atoms with E-state index in [1.165, 1.54) is 137 Å². The fourth-order valence-corrected chi connectivity index (χ4v) is 11.9. The molecule has 542 valence electrons. The monoisotopic (exact) mass is 1410 g/mol. The van der Waals surface area contributed by atoms with Crippen LogP contribution in [0.4, 0.5) is 0 Å². The molecule has 0 heterocycles. The molecular weight excluding hydrogens is 1300 g/mol. The maximum Gasteiger partial charge on any atom is 0.130 e. The summed E-state index contributed by atoms with van der Waals surface area (Å²) in [6, 6.07) is 98.9. The predicted molar refractivity (Wildman–Crippen MR) is 466 cm³/mol. The van der Waals surface area contributed by atoms with E-state index in [9.17, 15) is 0 Å². The van der Waals surface area contributed by atoms with Gasteiger partial charge in [0.2, 0.25) is 0 Å². The Kier molecular flexibility index (Phi) is 33.1. The normalized spacial score (nSPS) is 11.3. The summed E-state index contributed by atoms with van der Waals surface area (Å²) in [6.07, 6.45) is 9.53. The van der Waals surface area contributed by atoms with Crippen LogP contribution in [0.2, 0.25) is 0 Å². The van der Waals surface area contributed by atoms with Crippen molar-refractivity contribution in [3.05, 3.63) is 439 Å². The average Bonchev–Trinajstić information content (AvgIpc) is 1.64. The molecule has 0 amide bonds. The van der Waals surface area contributed by atoms with Gasteiger partial charge < -0.3 is 18.9 Å². The first kappa shape index (κ1) is 82.1. The highest BCUT2D eigenvalue weighted by molar-refractivity contribution is 6.00. The molecule has 4 heteroatoms. The van der Waals surface area contributed by atoms with Gasteiger partial charge in [-0.3, -0.25) is 0 Å². The van der Waals surface area contributed by atoms with Crippen molar-refractivity contribution in [1.82, 2.24) is 0 Å². The Bertz CT molecular complexity index is 4720. The van der Waals surface area contributed by atoms with Gasteiger partial charge in [-0.2, -0.15) is 0 Å². The molecule has 3 aliphatic carbocycles. The van der Waals surface area contributed by atoms with Gasteiger partial charge in [0.1, 0.15) is 23.0 Å². The molecule has 1 saturated carbocycles. The zero-order chi connectivity index (χ0) is 77.0. The van der Waals surface area contributed by atoms with Crippen LogP contribution in [-0.4, -0.2) is 28.4 Å². The molecule has 12 aromatic carbocycles. The quantitative estimate of drug-likeness (QED) is 0.114. The third-order valence-corrected chi connectivity index (χ3v) is 18.0. The summed E-state index contributed by atoms with van der Waals surface area (Å²) in [7, 11) is 6.49. The molecule has 12 aromatic rings. The van der Waals surface area contributed by atoms with E-state index in [1.54, 1.807) is 28.4 Å². The lowest BCUT2D eigenvalue weighted by atomic mass is 9.97. The molecule has 0 aromatic heterocycles. The van der Waals surface area contributed by atoms with Crippen molar-refractivity contribution in [3.8, 4) is 34.1 Å². The predicted octanol–water partition coefficient (Wildman–Crippen LogP) is 28.2. The number of hydrogen-bond acceptors (Lipinski definition) is 4. The van der Waals surface area contributed by atoms with Crippen LogP contribution in [0, 0.1) is 13.8 Å². The molecule has 3 aliphatic rings. The van der Waals surface area contributed by atoms with Crippen molar-refractivity contribution in [2.24, 2.45) is 0 Å². The molecular formula is C103H106O4. The Hall–Kier alpha value is -12.2. The first-order chi connectivity index (χ1) is 51.8. The molecule has 0 unspecified atom stereocenters. The molecule has 107 heavy (non-hydrogen) atoms. The van der Waals surface area contributed by atoms with Gasteiger partial charge >= 0.3 is 0 Å². The van der Waals surface area contributed by atoms with Gasteiger partial charge in [-0.15, -0.1) is 6.58 Å². The van der Waals surface area contributed by atoms with Gasteiger partial charge in [0.05, 0.1) is 28.4 Å². The SMILES string of the molecule is C=C(C)C.C=C(C)c1ccc2ccccc2c1.C=C(c1ccc(C)cc1)c1ccc(C)cc1.C=C(c1ccc(OC)cc1OC)c1ccc(OC)cc1OC.C=C(c1ccccc1)c1ccccc1.C=C1CCCC1.C=C1CCc2ccccc21.C=C1c2ccccc2-c2ccccc21.C=Cc1ccccc1. The van der Waals surface area contributed by atoms with E-state index in [4.69, 9.17) is 18.9 Å². The van der Waals surface area contributed by atoms with Gasteiger partial charge in [0.15, 0.2) is 0 Å². The van der Waals surface area contributed by atoms with Crippen molar-refractivity contribution in [3.63, 3.8) is 0 Å². The van der Waals surface area contributed by atoms with Crippen molar-refractivity contribution >= 4 is 50.3 Å². The van der Waals surface area contributed by atoms with Crippen molar-refractivity contribution in [2.45, 2.75) is 73.1 Å². The van der Waals surface area contributed by atoms with Crippen LogP contribution in [0.1, 0.15) is 131 Å². The fraction of sp³-hybridized carbons (Fsp3) is 0.146. The van der Waals surface area contributed by atoms with Crippen LogP contribution < -0.4 is 18.9 Å². The first-order valence-corrected chi connectivity index (χ1v) is 36.3. The Balaban J connectivity index is 0.000000173. The Morgan fingerprint density at radius 2 is 0.710 bits per heavy atom. The maximum atomic E-state index is 5.44. The zero-order valence-corrected chi connectivity index (χ0v) is 64.5. The van der Waals surface area contributed by atoms with Crippen molar-refractivity contribution < 1.29 is 18.9 Å². The second-order valence-electron chi connectivity index (χ2n) is 26.5. The number of ether oxygens (including phenoxy) is 4. The van der Waals surface area contributed by atoms with Gasteiger partial charge in [0.25, 0.3) is 0 Å². The van der Waals surface area contributed by atoms with Gasteiger partial charge in [-0.05, 0) is 209 Å². The van der Waals surface area contributed by atoms with E-state index in [1.807, 2.05) is 130 Å². The first-order valence-electron chi connectivity index (χ1n) is 36.3. The number of aryl methyl sites for hydroxylation is 3. The van der Waals surface area contributed by atoms with Crippen LogP contribution in [0.5, 0.6) is 23.0 Å². The van der Waals surface area contributed by atoms with E-state index < -0.39 is 0 Å². The smallest absolute Gasteiger partial charge is 0.130 e. The number of hydrogen-bond donors (Lipinski definition) is 0. The van der Waals surface area contributed by atoms with Crippen LogP contribution in [0.25, 0.3) is 61.4 Å². The number of allylic oxidation sites excluding steroid dienone is 4. The van der Waals surface area contributed by atoms with E-state index in [0.717, 1.165) is 56.9 Å². The Morgan fingerprint density at radius 1 is 0.336 bits per heavy atom.